The third-order valence-electron chi connectivity index (χ3n) is 4.39. The zero-order valence-corrected chi connectivity index (χ0v) is 12.1. The average molecular weight is 302 g/mol. The minimum atomic E-state index is -3.06. The van der Waals surface area contributed by atoms with Crippen LogP contribution in [0.25, 0.3) is 0 Å². The minimum absolute atomic E-state index is 0.193. The van der Waals surface area contributed by atoms with Crippen LogP contribution in [-0.2, 0) is 0 Å². The molecule has 0 radical (unpaired) electrons. The van der Waals surface area contributed by atoms with Crippen LogP contribution in [0.5, 0.6) is 5.75 Å². The molecule has 6 heteroatoms. The lowest BCUT2D eigenvalue weighted by Gasteiger charge is -2.28. The number of nitrogens with one attached hydrogen (secondary N) is 1. The summed E-state index contributed by atoms with van der Waals surface area (Å²) in [5.41, 5.74) is 6.59. The summed E-state index contributed by atoms with van der Waals surface area (Å²) >= 11 is 0. The number of ether oxygens (including phenoxy) is 1. The lowest BCUT2D eigenvalue weighted by Crippen LogP contribution is -2.26. The van der Waals surface area contributed by atoms with E-state index in [1.54, 1.807) is 0 Å². The van der Waals surface area contributed by atoms with Crippen LogP contribution in [0.2, 0.25) is 0 Å². The molecule has 21 heavy (non-hydrogen) atoms. The van der Waals surface area contributed by atoms with E-state index in [-0.39, 0.29) is 11.1 Å². The summed E-state index contributed by atoms with van der Waals surface area (Å²) in [5.74, 6) is -1.37. The van der Waals surface area contributed by atoms with E-state index in [0.717, 1.165) is 25.3 Å². The molecule has 1 fully saturated rings. The summed E-state index contributed by atoms with van der Waals surface area (Å²) in [7, 11) is 0. The van der Waals surface area contributed by atoms with Crippen molar-refractivity contribution in [3.8, 4) is 5.75 Å². The largest absolute Gasteiger partial charge is 0.432 e. The second-order valence-corrected chi connectivity index (χ2v) is 5.66. The van der Waals surface area contributed by atoms with Gasteiger partial charge in [-0.25, -0.2) is 4.39 Å². The van der Waals surface area contributed by atoms with E-state index in [4.69, 9.17) is 5.73 Å². The van der Waals surface area contributed by atoms with E-state index in [1.165, 1.54) is 18.9 Å². The number of nitrogen functional groups attached to an aromatic ring is 1. The Morgan fingerprint density at radius 2 is 2.00 bits per heavy atom. The second kappa shape index (κ2) is 6.45. The van der Waals surface area contributed by atoms with Gasteiger partial charge in [-0.3, -0.25) is 0 Å². The quantitative estimate of drug-likeness (QED) is 0.766. The van der Waals surface area contributed by atoms with Gasteiger partial charge in [-0.15, -0.1) is 0 Å². The molecule has 0 saturated heterocycles. The smallest absolute Gasteiger partial charge is 0.387 e. The van der Waals surface area contributed by atoms with Crippen LogP contribution >= 0.6 is 0 Å². The molecule has 1 aliphatic carbocycles. The molecule has 118 valence electrons. The molecule has 1 aromatic carbocycles. The van der Waals surface area contributed by atoms with Crippen LogP contribution < -0.4 is 15.8 Å². The molecule has 3 nitrogen and oxygen atoms in total. The predicted molar refractivity (Wildman–Crippen MR) is 77.1 cm³/mol. The maximum absolute atomic E-state index is 13.5. The molecule has 0 atom stereocenters. The van der Waals surface area contributed by atoms with Crippen LogP contribution in [0.3, 0.4) is 0 Å². The molecule has 0 heterocycles. The summed E-state index contributed by atoms with van der Waals surface area (Å²) in [6.07, 6.45) is 5.72. The van der Waals surface area contributed by atoms with Gasteiger partial charge < -0.3 is 15.8 Å². The Balaban J connectivity index is 2.12. The van der Waals surface area contributed by atoms with E-state index in [1.807, 2.05) is 0 Å². The van der Waals surface area contributed by atoms with Gasteiger partial charge in [0.1, 0.15) is 0 Å². The topological polar surface area (TPSA) is 47.3 Å². The van der Waals surface area contributed by atoms with Crippen LogP contribution in [0.15, 0.2) is 12.1 Å². The Labute approximate surface area is 122 Å². The Hall–Kier alpha value is -1.59. The Kier molecular flexibility index (Phi) is 4.85. The molecule has 0 aliphatic heterocycles. The third-order valence-corrected chi connectivity index (χ3v) is 4.39. The molecular formula is C15H21F3N2O. The summed E-state index contributed by atoms with van der Waals surface area (Å²) in [6.45, 7) is -0.215. The number of anilines is 2. The van der Waals surface area contributed by atoms with E-state index in [9.17, 15) is 13.2 Å². The monoisotopic (exact) mass is 302 g/mol. The Bertz CT molecular complexity index is 488. The van der Waals surface area contributed by atoms with Crippen molar-refractivity contribution in [3.63, 3.8) is 0 Å². The first-order chi connectivity index (χ1) is 9.96. The highest BCUT2D eigenvalue weighted by Gasteiger charge is 2.31. The fourth-order valence-corrected chi connectivity index (χ4v) is 2.97. The average Bonchev–Trinajstić information content (AvgIpc) is 2.89. The van der Waals surface area contributed by atoms with Crippen LogP contribution in [0, 0.1) is 11.2 Å². The number of nitrogens with two attached hydrogens (primary N) is 1. The normalized spacial score (nSPS) is 17.2. The van der Waals surface area contributed by atoms with Crippen LogP contribution in [0.4, 0.5) is 24.5 Å². The van der Waals surface area contributed by atoms with Crippen LogP contribution in [0.1, 0.15) is 39.0 Å². The minimum Gasteiger partial charge on any atom is -0.432 e. The molecule has 1 saturated carbocycles. The SMILES string of the molecule is CCC1(CNc2cc(OC(F)F)c(F)cc2N)CCCC1. The van der Waals surface area contributed by atoms with Gasteiger partial charge in [-0.05, 0) is 24.7 Å². The third kappa shape index (κ3) is 3.74. The molecule has 0 aromatic heterocycles. The van der Waals surface area contributed by atoms with Crippen molar-refractivity contribution in [2.75, 3.05) is 17.6 Å². The zero-order chi connectivity index (χ0) is 15.5. The first-order valence-corrected chi connectivity index (χ1v) is 7.23. The maximum atomic E-state index is 13.5. The standard InChI is InChI=1S/C15H21F3N2O/c1-2-15(5-3-4-6-15)9-20-12-8-13(21-14(17)18)10(16)7-11(12)19/h7-8,14,20H,2-6,9,19H2,1H3. The number of hydrogen-bond acceptors (Lipinski definition) is 3. The van der Waals surface area contributed by atoms with Crippen molar-refractivity contribution in [3.05, 3.63) is 17.9 Å². The van der Waals surface area contributed by atoms with E-state index in [2.05, 4.69) is 17.0 Å². The zero-order valence-electron chi connectivity index (χ0n) is 12.1. The Morgan fingerprint density at radius 1 is 1.33 bits per heavy atom. The van der Waals surface area contributed by atoms with Gasteiger partial charge >= 0.3 is 6.61 Å². The molecule has 1 aromatic rings. The van der Waals surface area contributed by atoms with Gasteiger partial charge in [-0.1, -0.05) is 19.8 Å². The second-order valence-electron chi connectivity index (χ2n) is 5.66. The number of halogens is 3. The van der Waals surface area contributed by atoms with Crippen molar-refractivity contribution in [2.24, 2.45) is 5.41 Å². The first kappa shape index (κ1) is 15.8. The van der Waals surface area contributed by atoms with Gasteiger partial charge in [-0.2, -0.15) is 8.78 Å². The lowest BCUT2D eigenvalue weighted by atomic mass is 9.83. The fourth-order valence-electron chi connectivity index (χ4n) is 2.97. The first-order valence-electron chi connectivity index (χ1n) is 7.23. The highest BCUT2D eigenvalue weighted by Crippen LogP contribution is 2.41. The van der Waals surface area contributed by atoms with E-state index >= 15 is 0 Å². The molecule has 0 unspecified atom stereocenters. The van der Waals surface area contributed by atoms with Gasteiger partial charge in [0.15, 0.2) is 11.6 Å². The predicted octanol–water partition coefficient (Wildman–Crippen LogP) is 4.39. The van der Waals surface area contributed by atoms with E-state index < -0.39 is 18.2 Å². The van der Waals surface area contributed by atoms with Crippen LogP contribution in [-0.4, -0.2) is 13.2 Å². The molecule has 0 bridgehead atoms. The van der Waals surface area contributed by atoms with Crippen molar-refractivity contribution in [1.82, 2.24) is 0 Å². The number of benzene rings is 1. The number of hydrogen-bond donors (Lipinski definition) is 2. The van der Waals surface area contributed by atoms with Gasteiger partial charge in [0.25, 0.3) is 0 Å². The van der Waals surface area contributed by atoms with Gasteiger partial charge in [0.05, 0.1) is 11.4 Å². The molecule has 2 rings (SSSR count). The summed E-state index contributed by atoms with van der Waals surface area (Å²) in [6, 6.07) is 2.21. The summed E-state index contributed by atoms with van der Waals surface area (Å²) in [4.78, 5) is 0. The molecule has 3 N–H and O–H groups in total. The molecular weight excluding hydrogens is 281 g/mol. The van der Waals surface area contributed by atoms with Crippen molar-refractivity contribution < 1.29 is 17.9 Å². The number of rotatable bonds is 6. The summed E-state index contributed by atoms with van der Waals surface area (Å²) in [5, 5.41) is 3.17. The van der Waals surface area contributed by atoms with Crippen molar-refractivity contribution in [2.45, 2.75) is 45.6 Å². The summed E-state index contributed by atoms with van der Waals surface area (Å²) < 4.78 is 42.1. The van der Waals surface area contributed by atoms with Gasteiger partial charge in [0.2, 0.25) is 0 Å². The molecule has 0 amide bonds. The molecule has 0 spiro atoms. The van der Waals surface area contributed by atoms with Gasteiger partial charge in [0, 0.05) is 18.7 Å². The van der Waals surface area contributed by atoms with Crippen molar-refractivity contribution in [1.29, 1.82) is 0 Å². The number of alkyl halides is 2. The highest BCUT2D eigenvalue weighted by atomic mass is 19.3. The fraction of sp³-hybridized carbons (Fsp3) is 0.600. The molecule has 1 aliphatic rings. The maximum Gasteiger partial charge on any atom is 0.387 e. The van der Waals surface area contributed by atoms with Crippen molar-refractivity contribution >= 4 is 11.4 Å². The Morgan fingerprint density at radius 3 is 2.57 bits per heavy atom. The highest BCUT2D eigenvalue weighted by molar-refractivity contribution is 5.68. The lowest BCUT2D eigenvalue weighted by molar-refractivity contribution is -0.0521. The van der Waals surface area contributed by atoms with E-state index in [0.29, 0.717) is 12.2 Å².